The van der Waals surface area contributed by atoms with Gasteiger partial charge in [-0.2, -0.15) is 0 Å². The van der Waals surface area contributed by atoms with E-state index in [0.29, 0.717) is 10.8 Å². The maximum atomic E-state index is 2.64. The molecule has 0 N–H and O–H groups in total. The molecule has 6 atom stereocenters. The highest BCUT2D eigenvalue weighted by atomic mass is 14.6. The molecule has 0 heterocycles. The van der Waals surface area contributed by atoms with Crippen LogP contribution in [0.4, 0.5) is 0 Å². The predicted octanol–water partition coefficient (Wildman–Crippen LogP) is 6.14. The molecule has 0 aromatic rings. The standard InChI is InChI=1S/C21H32/c1-4-15-9-11-18-17-10-8-16-7-5-6-13-20(16,2)19(17)12-14-21(15,18)3/h6,9,13,16-19H,4-5,7-8,10-12,14H2,1-3H3/t16?,17-,18-,19-,20-,21+/m0/s1. The van der Waals surface area contributed by atoms with Crippen molar-refractivity contribution < 1.29 is 0 Å². The molecule has 2 saturated carbocycles. The van der Waals surface area contributed by atoms with Gasteiger partial charge in [0, 0.05) is 0 Å². The fourth-order valence-corrected chi connectivity index (χ4v) is 7.02. The van der Waals surface area contributed by atoms with Gasteiger partial charge in [0.25, 0.3) is 0 Å². The maximum absolute atomic E-state index is 2.64. The van der Waals surface area contributed by atoms with Crippen LogP contribution in [-0.4, -0.2) is 0 Å². The van der Waals surface area contributed by atoms with E-state index in [1.54, 1.807) is 5.57 Å². The van der Waals surface area contributed by atoms with Crippen LogP contribution < -0.4 is 0 Å². The van der Waals surface area contributed by atoms with E-state index in [9.17, 15) is 0 Å². The molecule has 1 unspecified atom stereocenters. The first kappa shape index (κ1) is 14.1. The molecular weight excluding hydrogens is 252 g/mol. The molecule has 116 valence electrons. The normalized spacial score (nSPS) is 51.9. The van der Waals surface area contributed by atoms with Crippen molar-refractivity contribution >= 4 is 0 Å². The summed E-state index contributed by atoms with van der Waals surface area (Å²) in [6.07, 6.45) is 19.2. The van der Waals surface area contributed by atoms with Gasteiger partial charge in [0.05, 0.1) is 0 Å². The van der Waals surface area contributed by atoms with Gasteiger partial charge in [0.15, 0.2) is 0 Å². The van der Waals surface area contributed by atoms with Crippen LogP contribution in [0, 0.1) is 34.5 Å². The van der Waals surface area contributed by atoms with Crippen LogP contribution in [0.2, 0.25) is 0 Å². The Morgan fingerprint density at radius 3 is 2.76 bits per heavy atom. The molecule has 4 aliphatic carbocycles. The van der Waals surface area contributed by atoms with Crippen LogP contribution in [0.5, 0.6) is 0 Å². The van der Waals surface area contributed by atoms with Gasteiger partial charge in [-0.25, -0.2) is 0 Å². The second-order valence-electron chi connectivity index (χ2n) is 8.77. The first-order valence-corrected chi connectivity index (χ1v) is 9.47. The van der Waals surface area contributed by atoms with Gasteiger partial charge in [-0.1, -0.05) is 44.6 Å². The monoisotopic (exact) mass is 284 g/mol. The molecular formula is C21H32. The summed E-state index contributed by atoms with van der Waals surface area (Å²) in [5.74, 6) is 3.90. The topological polar surface area (TPSA) is 0 Å². The lowest BCUT2D eigenvalue weighted by Crippen LogP contribution is -2.51. The highest BCUT2D eigenvalue weighted by Gasteiger charge is 2.56. The van der Waals surface area contributed by atoms with E-state index in [0.717, 1.165) is 23.7 Å². The van der Waals surface area contributed by atoms with Crippen LogP contribution in [0.15, 0.2) is 23.8 Å². The van der Waals surface area contributed by atoms with E-state index in [1.807, 2.05) is 0 Å². The lowest BCUT2D eigenvalue weighted by Gasteiger charge is -2.59. The van der Waals surface area contributed by atoms with Crippen molar-refractivity contribution in [1.82, 2.24) is 0 Å². The Labute approximate surface area is 131 Å². The summed E-state index contributed by atoms with van der Waals surface area (Å²) in [6.45, 7) is 7.57. The quantitative estimate of drug-likeness (QED) is 0.507. The summed E-state index contributed by atoms with van der Waals surface area (Å²) in [4.78, 5) is 0. The van der Waals surface area contributed by atoms with Gasteiger partial charge in [0.2, 0.25) is 0 Å². The molecule has 0 nitrogen and oxygen atoms in total. The van der Waals surface area contributed by atoms with Crippen LogP contribution in [0.1, 0.15) is 72.1 Å². The molecule has 0 aromatic heterocycles. The molecule has 0 amide bonds. The molecule has 2 fully saturated rings. The van der Waals surface area contributed by atoms with Gasteiger partial charge in [-0.3, -0.25) is 0 Å². The Kier molecular flexibility index (Phi) is 3.18. The van der Waals surface area contributed by atoms with Crippen molar-refractivity contribution in [1.29, 1.82) is 0 Å². The molecule has 0 radical (unpaired) electrons. The van der Waals surface area contributed by atoms with Crippen molar-refractivity contribution in [3.63, 3.8) is 0 Å². The predicted molar refractivity (Wildman–Crippen MR) is 90.0 cm³/mol. The zero-order valence-corrected chi connectivity index (χ0v) is 14.2. The number of allylic oxidation sites excluding steroid dienone is 4. The van der Waals surface area contributed by atoms with Crippen molar-refractivity contribution in [2.75, 3.05) is 0 Å². The fourth-order valence-electron chi connectivity index (χ4n) is 7.02. The molecule has 0 aromatic carbocycles. The molecule has 0 bridgehead atoms. The van der Waals surface area contributed by atoms with Crippen molar-refractivity contribution in [3.05, 3.63) is 23.8 Å². The smallest absolute Gasteiger partial charge is 0.00824 e. The van der Waals surface area contributed by atoms with Gasteiger partial charge >= 0.3 is 0 Å². The zero-order chi connectivity index (χ0) is 14.7. The number of fused-ring (bicyclic) bond motifs is 5. The van der Waals surface area contributed by atoms with E-state index in [2.05, 4.69) is 39.0 Å². The molecule has 0 heteroatoms. The highest BCUT2D eigenvalue weighted by molar-refractivity contribution is 5.26. The van der Waals surface area contributed by atoms with E-state index < -0.39 is 0 Å². The number of hydrogen-bond donors (Lipinski definition) is 0. The molecule has 21 heavy (non-hydrogen) atoms. The minimum Gasteiger partial charge on any atom is -0.0880 e. The van der Waals surface area contributed by atoms with Gasteiger partial charge in [-0.15, -0.1) is 0 Å². The minimum atomic E-state index is 0.525. The summed E-state index contributed by atoms with van der Waals surface area (Å²) in [5, 5.41) is 0. The van der Waals surface area contributed by atoms with E-state index >= 15 is 0 Å². The third-order valence-electron chi connectivity index (χ3n) is 8.25. The van der Waals surface area contributed by atoms with Gasteiger partial charge in [0.1, 0.15) is 0 Å². The lowest BCUT2D eigenvalue weighted by molar-refractivity contribution is -0.0627. The van der Waals surface area contributed by atoms with E-state index in [1.165, 1.54) is 51.4 Å². The first-order valence-electron chi connectivity index (χ1n) is 9.47. The minimum absolute atomic E-state index is 0.525. The Morgan fingerprint density at radius 2 is 1.95 bits per heavy atom. The summed E-state index contributed by atoms with van der Waals surface area (Å²) < 4.78 is 0. The summed E-state index contributed by atoms with van der Waals surface area (Å²) in [6, 6.07) is 0. The van der Waals surface area contributed by atoms with Crippen molar-refractivity contribution in [2.45, 2.75) is 72.1 Å². The highest BCUT2D eigenvalue weighted by Crippen LogP contribution is 2.65. The summed E-state index contributed by atoms with van der Waals surface area (Å²) >= 11 is 0. The Bertz CT molecular complexity index is 484. The van der Waals surface area contributed by atoms with E-state index in [-0.39, 0.29) is 0 Å². The molecule has 4 aliphatic rings. The molecule has 0 spiro atoms. The SMILES string of the molecule is CCC1=CC[C@H]2[C@@H]3CCC4CCC=C[C@]4(C)[C@H]3CC[C@]12C. The fraction of sp³-hybridized carbons (Fsp3) is 0.810. The Hall–Kier alpha value is -0.520. The van der Waals surface area contributed by atoms with Crippen LogP contribution >= 0.6 is 0 Å². The van der Waals surface area contributed by atoms with Crippen LogP contribution in [0.3, 0.4) is 0 Å². The van der Waals surface area contributed by atoms with Crippen molar-refractivity contribution in [3.8, 4) is 0 Å². The number of rotatable bonds is 1. The van der Waals surface area contributed by atoms with Gasteiger partial charge < -0.3 is 0 Å². The third-order valence-corrected chi connectivity index (χ3v) is 8.25. The van der Waals surface area contributed by atoms with Crippen LogP contribution in [0.25, 0.3) is 0 Å². The van der Waals surface area contributed by atoms with Gasteiger partial charge in [-0.05, 0) is 85.9 Å². The lowest BCUT2D eigenvalue weighted by atomic mass is 9.46. The summed E-state index contributed by atoms with van der Waals surface area (Å²) in [5.41, 5.74) is 2.87. The first-order chi connectivity index (χ1) is 10.1. The molecule has 4 rings (SSSR count). The average Bonchev–Trinajstić information content (AvgIpc) is 2.83. The second-order valence-corrected chi connectivity index (χ2v) is 8.77. The third kappa shape index (κ3) is 1.80. The van der Waals surface area contributed by atoms with Crippen molar-refractivity contribution in [2.24, 2.45) is 34.5 Å². The Morgan fingerprint density at radius 1 is 1.10 bits per heavy atom. The number of hydrogen-bond acceptors (Lipinski definition) is 0. The molecule has 0 saturated heterocycles. The van der Waals surface area contributed by atoms with Crippen LogP contribution in [-0.2, 0) is 0 Å². The van der Waals surface area contributed by atoms with E-state index in [4.69, 9.17) is 0 Å². The zero-order valence-electron chi connectivity index (χ0n) is 14.2. The maximum Gasteiger partial charge on any atom is -0.00824 e. The second kappa shape index (κ2) is 4.74. The Balaban J connectivity index is 1.66. The largest absolute Gasteiger partial charge is 0.0880 e. The molecule has 0 aliphatic heterocycles. The average molecular weight is 284 g/mol. The summed E-state index contributed by atoms with van der Waals surface area (Å²) in [7, 11) is 0.